The molecule has 0 radical (unpaired) electrons. The molecule has 0 aliphatic carbocycles. The lowest BCUT2D eigenvalue weighted by Crippen LogP contribution is -2.58. The maximum Gasteiger partial charge on any atom is 0.272 e. The van der Waals surface area contributed by atoms with Gasteiger partial charge in [0.05, 0.1) is 13.2 Å². The Morgan fingerprint density at radius 2 is 1.95 bits per heavy atom. The monoisotopic (exact) mass is 303 g/mol. The first-order chi connectivity index (χ1) is 10.7. The van der Waals surface area contributed by atoms with E-state index in [0.717, 1.165) is 57.9 Å². The van der Waals surface area contributed by atoms with E-state index in [-0.39, 0.29) is 5.91 Å². The number of hydrogen-bond donors (Lipinski definition) is 0. The largest absolute Gasteiger partial charge is 0.378 e. The molecular formula is C17H25N3O2. The van der Waals surface area contributed by atoms with Crippen molar-refractivity contribution in [1.82, 2.24) is 9.88 Å². The Bertz CT molecular complexity index is 528. The van der Waals surface area contributed by atoms with E-state index < -0.39 is 0 Å². The van der Waals surface area contributed by atoms with Crippen LogP contribution in [0.1, 0.15) is 37.2 Å². The predicted octanol–water partition coefficient (Wildman–Crippen LogP) is 2.18. The minimum absolute atomic E-state index is 0.0626. The van der Waals surface area contributed by atoms with Crippen LogP contribution in [0.5, 0.6) is 0 Å². The number of likely N-dealkylation sites (tertiary alicyclic amines) is 1. The van der Waals surface area contributed by atoms with Crippen LogP contribution in [0, 0.1) is 5.41 Å². The molecule has 0 aromatic carbocycles. The van der Waals surface area contributed by atoms with Crippen LogP contribution in [-0.4, -0.2) is 55.2 Å². The molecule has 0 unspecified atom stereocenters. The topological polar surface area (TPSA) is 45.7 Å². The number of pyridine rings is 1. The van der Waals surface area contributed by atoms with Gasteiger partial charge in [0.2, 0.25) is 0 Å². The zero-order valence-electron chi connectivity index (χ0n) is 13.5. The molecule has 2 saturated heterocycles. The van der Waals surface area contributed by atoms with Gasteiger partial charge >= 0.3 is 0 Å². The Balaban J connectivity index is 1.69. The van der Waals surface area contributed by atoms with Crippen LogP contribution in [0.25, 0.3) is 0 Å². The second-order valence-electron chi connectivity index (χ2n) is 6.37. The minimum Gasteiger partial charge on any atom is -0.378 e. The van der Waals surface area contributed by atoms with Gasteiger partial charge in [0, 0.05) is 43.5 Å². The molecule has 22 heavy (non-hydrogen) atoms. The normalized spacial score (nSPS) is 20.6. The Kier molecular flexibility index (Phi) is 4.34. The van der Waals surface area contributed by atoms with Crippen molar-refractivity contribution in [3.05, 3.63) is 24.0 Å². The molecule has 1 amide bonds. The summed E-state index contributed by atoms with van der Waals surface area (Å²) >= 11 is 0. The summed E-state index contributed by atoms with van der Waals surface area (Å²) in [7, 11) is 0. The molecular weight excluding hydrogens is 278 g/mol. The molecule has 0 saturated carbocycles. The first kappa shape index (κ1) is 15.3. The maximum absolute atomic E-state index is 12.6. The molecule has 0 spiro atoms. The van der Waals surface area contributed by atoms with Gasteiger partial charge in [-0.25, -0.2) is 0 Å². The summed E-state index contributed by atoms with van der Waals surface area (Å²) in [6, 6.07) is 3.89. The first-order valence-corrected chi connectivity index (χ1v) is 8.25. The lowest BCUT2D eigenvalue weighted by atomic mass is 9.75. The Morgan fingerprint density at radius 1 is 1.27 bits per heavy atom. The van der Waals surface area contributed by atoms with Gasteiger partial charge in [-0.2, -0.15) is 0 Å². The zero-order chi connectivity index (χ0) is 15.6. The van der Waals surface area contributed by atoms with Crippen molar-refractivity contribution in [2.45, 2.75) is 26.7 Å². The van der Waals surface area contributed by atoms with Gasteiger partial charge in [0.15, 0.2) is 0 Å². The van der Waals surface area contributed by atoms with Crippen molar-refractivity contribution < 1.29 is 9.53 Å². The summed E-state index contributed by atoms with van der Waals surface area (Å²) in [6.45, 7) is 9.38. The van der Waals surface area contributed by atoms with Crippen LogP contribution >= 0.6 is 0 Å². The van der Waals surface area contributed by atoms with Gasteiger partial charge < -0.3 is 14.5 Å². The molecule has 1 aromatic rings. The Morgan fingerprint density at radius 3 is 2.59 bits per heavy atom. The van der Waals surface area contributed by atoms with Gasteiger partial charge in [-0.3, -0.25) is 9.78 Å². The van der Waals surface area contributed by atoms with Gasteiger partial charge in [0.1, 0.15) is 5.69 Å². The number of carbonyl (C=O) groups excluding carboxylic acids is 1. The van der Waals surface area contributed by atoms with Gasteiger partial charge in [-0.15, -0.1) is 0 Å². The highest BCUT2D eigenvalue weighted by Gasteiger charge is 2.42. The number of amides is 1. The summed E-state index contributed by atoms with van der Waals surface area (Å²) in [5.41, 5.74) is 1.96. The highest BCUT2D eigenvalue weighted by Crippen LogP contribution is 2.37. The number of morpholine rings is 1. The molecule has 2 aliphatic heterocycles. The highest BCUT2D eigenvalue weighted by molar-refractivity contribution is 5.93. The van der Waals surface area contributed by atoms with E-state index in [4.69, 9.17) is 4.74 Å². The predicted molar refractivity (Wildman–Crippen MR) is 86.2 cm³/mol. The van der Waals surface area contributed by atoms with Crippen LogP contribution in [-0.2, 0) is 4.74 Å². The molecule has 5 heteroatoms. The van der Waals surface area contributed by atoms with E-state index >= 15 is 0 Å². The van der Waals surface area contributed by atoms with Crippen molar-refractivity contribution in [3.8, 4) is 0 Å². The van der Waals surface area contributed by atoms with E-state index in [1.54, 1.807) is 6.20 Å². The fraction of sp³-hybridized carbons (Fsp3) is 0.647. The minimum atomic E-state index is 0.0626. The standard InChI is InChI=1S/C17H25N3O2/c1-3-17(4-2)12-20(13-17)16(21)15-11-14(5-6-18-15)19-7-9-22-10-8-19/h5-6,11H,3-4,7-10,12-13H2,1-2H3. The SMILES string of the molecule is CCC1(CC)CN(C(=O)c2cc(N3CCOCC3)ccn2)C1. The number of nitrogens with zero attached hydrogens (tertiary/aromatic N) is 3. The molecule has 2 aliphatic rings. The average Bonchev–Trinajstić information content (AvgIpc) is 2.55. The molecule has 0 atom stereocenters. The summed E-state index contributed by atoms with van der Waals surface area (Å²) in [4.78, 5) is 21.1. The van der Waals surface area contributed by atoms with E-state index in [1.807, 2.05) is 17.0 Å². The quantitative estimate of drug-likeness (QED) is 0.855. The smallest absolute Gasteiger partial charge is 0.272 e. The molecule has 5 nitrogen and oxygen atoms in total. The third kappa shape index (κ3) is 2.82. The number of carbonyl (C=O) groups is 1. The van der Waals surface area contributed by atoms with E-state index in [1.165, 1.54) is 0 Å². The fourth-order valence-corrected chi connectivity index (χ4v) is 3.32. The summed E-state index contributed by atoms with van der Waals surface area (Å²) in [6.07, 6.45) is 4.01. The summed E-state index contributed by atoms with van der Waals surface area (Å²) in [5.74, 6) is 0.0626. The van der Waals surface area contributed by atoms with Gasteiger partial charge in [0.25, 0.3) is 5.91 Å². The second-order valence-corrected chi connectivity index (χ2v) is 6.37. The molecule has 0 bridgehead atoms. The first-order valence-electron chi connectivity index (χ1n) is 8.25. The summed E-state index contributed by atoms with van der Waals surface area (Å²) in [5, 5.41) is 0. The molecule has 1 aromatic heterocycles. The lowest BCUT2D eigenvalue weighted by Gasteiger charge is -2.49. The highest BCUT2D eigenvalue weighted by atomic mass is 16.5. The van der Waals surface area contributed by atoms with Crippen LogP contribution in [0.4, 0.5) is 5.69 Å². The van der Waals surface area contributed by atoms with Crippen molar-refractivity contribution in [2.75, 3.05) is 44.3 Å². The zero-order valence-corrected chi connectivity index (χ0v) is 13.5. The molecule has 120 valence electrons. The van der Waals surface area contributed by atoms with Crippen LogP contribution < -0.4 is 4.90 Å². The number of rotatable bonds is 4. The van der Waals surface area contributed by atoms with Crippen molar-refractivity contribution >= 4 is 11.6 Å². The van der Waals surface area contributed by atoms with E-state index in [9.17, 15) is 4.79 Å². The van der Waals surface area contributed by atoms with Crippen LogP contribution in [0.2, 0.25) is 0 Å². The van der Waals surface area contributed by atoms with Crippen LogP contribution in [0.3, 0.4) is 0 Å². The second kappa shape index (κ2) is 6.24. The third-order valence-corrected chi connectivity index (χ3v) is 5.18. The fourth-order valence-electron chi connectivity index (χ4n) is 3.32. The third-order valence-electron chi connectivity index (χ3n) is 5.18. The Labute approximate surface area is 132 Å². The lowest BCUT2D eigenvalue weighted by molar-refractivity contribution is 0.000892. The average molecular weight is 303 g/mol. The number of aromatic nitrogens is 1. The number of hydrogen-bond acceptors (Lipinski definition) is 4. The number of ether oxygens (including phenoxy) is 1. The Hall–Kier alpha value is -1.62. The van der Waals surface area contributed by atoms with Crippen molar-refractivity contribution in [2.24, 2.45) is 5.41 Å². The van der Waals surface area contributed by atoms with E-state index in [2.05, 4.69) is 23.7 Å². The van der Waals surface area contributed by atoms with Gasteiger partial charge in [-0.1, -0.05) is 13.8 Å². The van der Waals surface area contributed by atoms with E-state index in [0.29, 0.717) is 11.1 Å². The number of anilines is 1. The van der Waals surface area contributed by atoms with Crippen molar-refractivity contribution in [3.63, 3.8) is 0 Å². The van der Waals surface area contributed by atoms with Gasteiger partial charge in [-0.05, 0) is 25.0 Å². The molecule has 2 fully saturated rings. The van der Waals surface area contributed by atoms with Crippen molar-refractivity contribution in [1.29, 1.82) is 0 Å². The molecule has 3 heterocycles. The molecule has 3 rings (SSSR count). The van der Waals surface area contributed by atoms with Crippen LogP contribution in [0.15, 0.2) is 18.3 Å². The molecule has 0 N–H and O–H groups in total. The summed E-state index contributed by atoms with van der Waals surface area (Å²) < 4.78 is 5.38. The maximum atomic E-state index is 12.6.